The number of carbonyl (C=O) groups excluding carboxylic acids is 1. The Hall–Kier alpha value is -1.87. The monoisotopic (exact) mass is 438 g/mol. The number of furan rings is 1. The Bertz CT molecular complexity index is 1160. The highest BCUT2D eigenvalue weighted by Crippen LogP contribution is 2.30. The lowest BCUT2D eigenvalue weighted by Gasteiger charge is -2.33. The van der Waals surface area contributed by atoms with Crippen molar-refractivity contribution in [2.45, 2.75) is 18.1 Å². The Morgan fingerprint density at radius 2 is 1.82 bits per heavy atom. The molecule has 1 saturated heterocycles. The van der Waals surface area contributed by atoms with Crippen LogP contribution in [0.5, 0.6) is 0 Å². The standard InChI is InChI=1S/C19H19ClN2O4S2/c1-12-4-3-5-14-13(2)18(26-17(12)14)19(23)21-8-10-22(11-9-21)28(24,25)16-7-6-15(20)27-16/h3-7H,8-11H2,1-2H3. The molecule has 0 spiro atoms. The molecule has 28 heavy (non-hydrogen) atoms. The molecule has 1 aliphatic heterocycles. The van der Waals surface area contributed by atoms with Crippen LogP contribution >= 0.6 is 22.9 Å². The van der Waals surface area contributed by atoms with Crippen LogP contribution < -0.4 is 0 Å². The van der Waals surface area contributed by atoms with Gasteiger partial charge in [0, 0.05) is 37.1 Å². The van der Waals surface area contributed by atoms with Gasteiger partial charge in [0.25, 0.3) is 15.9 Å². The Balaban J connectivity index is 1.52. The molecule has 0 aliphatic carbocycles. The van der Waals surface area contributed by atoms with Gasteiger partial charge in [-0.25, -0.2) is 8.42 Å². The molecule has 6 nitrogen and oxygen atoms in total. The van der Waals surface area contributed by atoms with Gasteiger partial charge < -0.3 is 9.32 Å². The molecule has 0 unspecified atom stereocenters. The van der Waals surface area contributed by atoms with E-state index >= 15 is 0 Å². The average molecular weight is 439 g/mol. The third kappa shape index (κ3) is 3.24. The van der Waals surface area contributed by atoms with E-state index in [1.807, 2.05) is 32.0 Å². The van der Waals surface area contributed by atoms with Gasteiger partial charge in [0.15, 0.2) is 5.76 Å². The summed E-state index contributed by atoms with van der Waals surface area (Å²) in [5.74, 6) is 0.120. The van der Waals surface area contributed by atoms with Gasteiger partial charge in [-0.05, 0) is 31.5 Å². The second kappa shape index (κ2) is 7.18. The van der Waals surface area contributed by atoms with Crippen LogP contribution in [0.4, 0.5) is 0 Å². The molecule has 148 valence electrons. The van der Waals surface area contributed by atoms with Crippen molar-refractivity contribution in [3.8, 4) is 0 Å². The topological polar surface area (TPSA) is 70.8 Å². The number of carbonyl (C=O) groups is 1. The normalized spacial score (nSPS) is 16.0. The molecule has 0 bridgehead atoms. The number of sulfonamides is 1. The fraction of sp³-hybridized carbons (Fsp3) is 0.316. The van der Waals surface area contributed by atoms with E-state index in [0.717, 1.165) is 33.4 Å². The Morgan fingerprint density at radius 3 is 2.43 bits per heavy atom. The van der Waals surface area contributed by atoms with Crippen molar-refractivity contribution in [1.29, 1.82) is 0 Å². The minimum atomic E-state index is -3.58. The lowest BCUT2D eigenvalue weighted by Crippen LogP contribution is -2.50. The van der Waals surface area contributed by atoms with E-state index in [2.05, 4.69) is 0 Å². The van der Waals surface area contributed by atoms with Crippen LogP contribution in [0.3, 0.4) is 0 Å². The lowest BCUT2D eigenvalue weighted by molar-refractivity contribution is 0.0667. The third-order valence-corrected chi connectivity index (χ3v) is 8.62. The first kappa shape index (κ1) is 19.4. The molecule has 4 rings (SSSR count). The van der Waals surface area contributed by atoms with Gasteiger partial charge in [0.1, 0.15) is 9.79 Å². The molecule has 0 atom stereocenters. The Morgan fingerprint density at radius 1 is 1.11 bits per heavy atom. The zero-order valence-corrected chi connectivity index (χ0v) is 17.8. The van der Waals surface area contributed by atoms with Gasteiger partial charge in [-0.3, -0.25) is 4.79 Å². The van der Waals surface area contributed by atoms with Gasteiger partial charge in [0.2, 0.25) is 0 Å². The maximum Gasteiger partial charge on any atom is 0.289 e. The number of rotatable bonds is 3. The van der Waals surface area contributed by atoms with Crippen molar-refractivity contribution in [1.82, 2.24) is 9.21 Å². The summed E-state index contributed by atoms with van der Waals surface area (Å²) in [5.41, 5.74) is 2.51. The second-order valence-electron chi connectivity index (χ2n) is 6.76. The minimum absolute atomic E-state index is 0.204. The molecule has 3 aromatic rings. The van der Waals surface area contributed by atoms with Crippen LogP contribution in [0.15, 0.2) is 39.0 Å². The number of aryl methyl sites for hydroxylation is 2. The van der Waals surface area contributed by atoms with E-state index in [-0.39, 0.29) is 23.2 Å². The maximum absolute atomic E-state index is 13.0. The summed E-state index contributed by atoms with van der Waals surface area (Å²) in [6.07, 6.45) is 0. The number of nitrogens with zero attached hydrogens (tertiary/aromatic N) is 2. The summed E-state index contributed by atoms with van der Waals surface area (Å²) in [4.78, 5) is 14.6. The summed E-state index contributed by atoms with van der Waals surface area (Å²) in [6.45, 7) is 4.92. The average Bonchev–Trinajstić information content (AvgIpc) is 3.27. The molecule has 0 N–H and O–H groups in total. The van der Waals surface area contributed by atoms with Crippen LogP contribution in [-0.4, -0.2) is 49.7 Å². The number of para-hydroxylation sites is 1. The Kier molecular flexibility index (Phi) is 4.99. The molecular formula is C19H19ClN2O4S2. The van der Waals surface area contributed by atoms with Crippen LogP contribution in [-0.2, 0) is 10.0 Å². The van der Waals surface area contributed by atoms with Gasteiger partial charge >= 0.3 is 0 Å². The summed E-state index contributed by atoms with van der Waals surface area (Å²) in [5, 5.41) is 0.930. The minimum Gasteiger partial charge on any atom is -0.450 e. The van der Waals surface area contributed by atoms with Gasteiger partial charge in [-0.2, -0.15) is 4.31 Å². The van der Waals surface area contributed by atoms with Gasteiger partial charge in [-0.15, -0.1) is 11.3 Å². The smallest absolute Gasteiger partial charge is 0.289 e. The SMILES string of the molecule is Cc1c(C(=O)N2CCN(S(=O)(=O)c3ccc(Cl)s3)CC2)oc2c(C)cccc12. The number of thiophene rings is 1. The first-order valence-corrected chi connectivity index (χ1v) is 11.5. The predicted octanol–water partition coefficient (Wildman–Crippen LogP) is 3.91. The molecule has 1 aromatic carbocycles. The third-order valence-electron chi connectivity index (χ3n) is 5.02. The summed E-state index contributed by atoms with van der Waals surface area (Å²) >= 11 is 6.91. The van der Waals surface area contributed by atoms with Crippen molar-refractivity contribution in [3.05, 3.63) is 51.6 Å². The molecule has 0 radical (unpaired) electrons. The molecule has 2 aromatic heterocycles. The molecule has 9 heteroatoms. The van der Waals surface area contributed by atoms with Gasteiger partial charge in [0.05, 0.1) is 4.34 Å². The summed E-state index contributed by atoms with van der Waals surface area (Å²) in [6, 6.07) is 8.91. The van der Waals surface area contributed by atoms with E-state index in [9.17, 15) is 13.2 Å². The first-order valence-electron chi connectivity index (χ1n) is 8.82. The van der Waals surface area contributed by atoms with E-state index in [4.69, 9.17) is 16.0 Å². The van der Waals surface area contributed by atoms with Crippen molar-refractivity contribution >= 4 is 49.8 Å². The van der Waals surface area contributed by atoms with Crippen molar-refractivity contribution in [2.75, 3.05) is 26.2 Å². The number of benzene rings is 1. The summed E-state index contributed by atoms with van der Waals surface area (Å²) < 4.78 is 33.4. The van der Waals surface area contributed by atoms with Crippen LogP contribution in [0.2, 0.25) is 4.34 Å². The molecule has 1 fully saturated rings. The summed E-state index contributed by atoms with van der Waals surface area (Å²) in [7, 11) is -3.58. The fourth-order valence-corrected chi connectivity index (χ4v) is 6.49. The second-order valence-corrected chi connectivity index (χ2v) is 10.6. The number of hydrogen-bond acceptors (Lipinski definition) is 5. The number of hydrogen-bond donors (Lipinski definition) is 0. The number of fused-ring (bicyclic) bond motifs is 1. The predicted molar refractivity (Wildman–Crippen MR) is 110 cm³/mol. The van der Waals surface area contributed by atoms with Crippen LogP contribution in [0.25, 0.3) is 11.0 Å². The molecule has 3 heterocycles. The maximum atomic E-state index is 13.0. The number of amides is 1. The lowest BCUT2D eigenvalue weighted by atomic mass is 10.1. The van der Waals surface area contributed by atoms with Gasteiger partial charge in [-0.1, -0.05) is 29.8 Å². The molecular weight excluding hydrogens is 420 g/mol. The highest BCUT2D eigenvalue weighted by atomic mass is 35.5. The Labute approximate surface area is 172 Å². The quantitative estimate of drug-likeness (QED) is 0.621. The van der Waals surface area contributed by atoms with Crippen molar-refractivity contribution in [3.63, 3.8) is 0 Å². The van der Waals surface area contributed by atoms with Crippen molar-refractivity contribution in [2.24, 2.45) is 0 Å². The van der Waals surface area contributed by atoms with E-state index < -0.39 is 10.0 Å². The van der Waals surface area contributed by atoms with Crippen molar-refractivity contribution < 1.29 is 17.6 Å². The zero-order valence-electron chi connectivity index (χ0n) is 15.4. The number of piperazine rings is 1. The highest BCUT2D eigenvalue weighted by molar-refractivity contribution is 7.91. The highest BCUT2D eigenvalue weighted by Gasteiger charge is 2.33. The van der Waals surface area contributed by atoms with E-state index in [1.54, 1.807) is 11.0 Å². The number of halogens is 1. The van der Waals surface area contributed by atoms with Crippen LogP contribution in [0, 0.1) is 13.8 Å². The molecule has 0 saturated carbocycles. The molecule has 1 aliphatic rings. The van der Waals surface area contributed by atoms with E-state index in [0.29, 0.717) is 23.2 Å². The molecule has 1 amide bonds. The first-order chi connectivity index (χ1) is 13.3. The van der Waals surface area contributed by atoms with Crippen LogP contribution in [0.1, 0.15) is 21.7 Å². The largest absolute Gasteiger partial charge is 0.450 e. The zero-order chi connectivity index (χ0) is 20.1. The van der Waals surface area contributed by atoms with E-state index in [1.165, 1.54) is 10.4 Å². The fourth-order valence-electron chi connectivity index (χ4n) is 3.43.